The molecule has 0 bridgehead atoms. The van der Waals surface area contributed by atoms with Crippen molar-refractivity contribution in [3.63, 3.8) is 0 Å². The van der Waals surface area contributed by atoms with Gasteiger partial charge >= 0.3 is 5.97 Å². The summed E-state index contributed by atoms with van der Waals surface area (Å²) in [6.45, 7) is 6.39. The monoisotopic (exact) mass is 281 g/mol. The van der Waals surface area contributed by atoms with E-state index in [9.17, 15) is 4.79 Å². The van der Waals surface area contributed by atoms with E-state index in [4.69, 9.17) is 4.74 Å². The number of rotatable bonds is 6. The van der Waals surface area contributed by atoms with Gasteiger partial charge in [0, 0.05) is 16.9 Å². The van der Waals surface area contributed by atoms with Crippen LogP contribution in [0.25, 0.3) is 0 Å². The molecule has 0 unspecified atom stereocenters. The second-order valence-electron chi connectivity index (χ2n) is 4.58. The van der Waals surface area contributed by atoms with Crippen LogP contribution in [0.2, 0.25) is 0 Å². The molecule has 3 heteroatoms. The van der Waals surface area contributed by atoms with Crippen molar-refractivity contribution < 1.29 is 9.53 Å². The van der Waals surface area contributed by atoms with Crippen LogP contribution in [0.4, 0.5) is 11.4 Å². The Bertz CT molecular complexity index is 554. The minimum atomic E-state index is -0.352. The number of carbonyl (C=O) groups is 1. The predicted octanol–water partition coefficient (Wildman–Crippen LogP) is 3.94. The highest BCUT2D eigenvalue weighted by molar-refractivity contribution is 5.89. The Morgan fingerprint density at radius 2 is 1.48 bits per heavy atom. The zero-order valence-electron chi connectivity index (χ0n) is 12.2. The number of nitrogens with zero attached hydrogens (tertiary/aromatic N) is 1. The van der Waals surface area contributed by atoms with Gasteiger partial charge in [0.05, 0.1) is 13.2 Å². The molecule has 0 amide bonds. The van der Waals surface area contributed by atoms with Crippen LogP contribution in [0.1, 0.15) is 6.92 Å². The quantitative estimate of drug-likeness (QED) is 0.593. The largest absolute Gasteiger partial charge is 0.463 e. The molecule has 2 rings (SSSR count). The lowest BCUT2D eigenvalue weighted by Gasteiger charge is -2.25. The van der Waals surface area contributed by atoms with E-state index in [0.717, 1.165) is 11.4 Å². The summed E-state index contributed by atoms with van der Waals surface area (Å²) in [6, 6.07) is 19.8. The number of para-hydroxylation sites is 2. The molecule has 108 valence electrons. The van der Waals surface area contributed by atoms with E-state index in [-0.39, 0.29) is 5.97 Å². The highest BCUT2D eigenvalue weighted by Crippen LogP contribution is 2.25. The van der Waals surface area contributed by atoms with E-state index in [0.29, 0.717) is 18.7 Å². The lowest BCUT2D eigenvalue weighted by molar-refractivity contribution is -0.138. The van der Waals surface area contributed by atoms with Crippen LogP contribution < -0.4 is 4.90 Å². The van der Waals surface area contributed by atoms with Crippen LogP contribution >= 0.6 is 0 Å². The molecular weight excluding hydrogens is 262 g/mol. The molecule has 2 aromatic carbocycles. The first-order valence-electron chi connectivity index (χ1n) is 6.95. The van der Waals surface area contributed by atoms with Gasteiger partial charge in [-0.3, -0.25) is 0 Å². The number of esters is 1. The summed E-state index contributed by atoms with van der Waals surface area (Å²) in [5, 5.41) is 0. The van der Waals surface area contributed by atoms with Crippen LogP contribution in [0.15, 0.2) is 72.8 Å². The van der Waals surface area contributed by atoms with Crippen molar-refractivity contribution in [2.24, 2.45) is 0 Å². The molecule has 0 N–H and O–H groups in total. The van der Waals surface area contributed by atoms with Crippen LogP contribution in [0.5, 0.6) is 0 Å². The Morgan fingerprint density at radius 1 is 1.00 bits per heavy atom. The first kappa shape index (κ1) is 14.9. The number of benzene rings is 2. The summed E-state index contributed by atoms with van der Waals surface area (Å²) >= 11 is 0. The Labute approximate surface area is 125 Å². The molecule has 2 aromatic rings. The molecule has 0 aliphatic rings. The number of hydrogen-bond acceptors (Lipinski definition) is 3. The number of carbonyl (C=O) groups excluding carboxylic acids is 1. The van der Waals surface area contributed by atoms with E-state index in [1.54, 1.807) is 6.92 Å². The van der Waals surface area contributed by atoms with Gasteiger partial charge in [0.15, 0.2) is 0 Å². The molecule has 0 fully saturated rings. The van der Waals surface area contributed by atoms with E-state index in [1.165, 1.54) is 0 Å². The van der Waals surface area contributed by atoms with Gasteiger partial charge in [0.2, 0.25) is 0 Å². The number of ether oxygens (including phenoxy) is 1. The topological polar surface area (TPSA) is 29.5 Å². The lowest BCUT2D eigenvalue weighted by atomic mass is 10.2. The molecule has 21 heavy (non-hydrogen) atoms. The van der Waals surface area contributed by atoms with E-state index in [1.807, 2.05) is 65.6 Å². The maximum absolute atomic E-state index is 11.8. The summed E-state index contributed by atoms with van der Waals surface area (Å²) < 4.78 is 5.01. The summed E-state index contributed by atoms with van der Waals surface area (Å²) in [7, 11) is 0. The van der Waals surface area contributed by atoms with E-state index in [2.05, 4.69) is 6.58 Å². The fourth-order valence-corrected chi connectivity index (χ4v) is 2.04. The Hall–Kier alpha value is -2.55. The Kier molecular flexibility index (Phi) is 5.16. The van der Waals surface area contributed by atoms with Crippen LogP contribution in [0, 0.1) is 0 Å². The minimum absolute atomic E-state index is 0.352. The first-order valence-corrected chi connectivity index (χ1v) is 6.95. The van der Waals surface area contributed by atoms with Crippen molar-refractivity contribution >= 4 is 17.3 Å². The first-order chi connectivity index (χ1) is 10.2. The highest BCUT2D eigenvalue weighted by atomic mass is 16.5. The second kappa shape index (κ2) is 7.29. The molecular formula is C18H19NO2. The summed E-state index contributed by atoms with van der Waals surface area (Å²) in [5.74, 6) is -0.352. The van der Waals surface area contributed by atoms with Crippen molar-refractivity contribution in [3.8, 4) is 0 Å². The smallest absolute Gasteiger partial charge is 0.335 e. The van der Waals surface area contributed by atoms with Crippen LogP contribution in [-0.4, -0.2) is 19.1 Å². The molecule has 0 spiro atoms. The Morgan fingerprint density at radius 3 is 1.90 bits per heavy atom. The molecule has 0 aliphatic heterocycles. The van der Waals surface area contributed by atoms with E-state index >= 15 is 0 Å². The molecule has 0 aromatic heterocycles. The van der Waals surface area contributed by atoms with Gasteiger partial charge in [0.1, 0.15) is 0 Å². The predicted molar refractivity (Wildman–Crippen MR) is 85.7 cm³/mol. The lowest BCUT2D eigenvalue weighted by Crippen LogP contribution is -2.24. The third kappa shape index (κ3) is 3.96. The fraction of sp³-hybridized carbons (Fsp3) is 0.167. The molecule has 0 atom stereocenters. The SMILES string of the molecule is C=C(CN(c1ccccc1)c1ccccc1)C(=O)OCC. The molecule has 0 saturated heterocycles. The van der Waals surface area contributed by atoms with Crippen LogP contribution in [0.3, 0.4) is 0 Å². The standard InChI is InChI=1S/C18H19NO2/c1-3-21-18(20)15(2)14-19(16-10-6-4-7-11-16)17-12-8-5-9-13-17/h4-13H,2-3,14H2,1H3. The van der Waals surface area contributed by atoms with Crippen molar-refractivity contribution in [1.29, 1.82) is 0 Å². The highest BCUT2D eigenvalue weighted by Gasteiger charge is 2.15. The van der Waals surface area contributed by atoms with Crippen molar-refractivity contribution in [2.45, 2.75) is 6.92 Å². The summed E-state index contributed by atoms with van der Waals surface area (Å²) in [4.78, 5) is 13.8. The van der Waals surface area contributed by atoms with Gasteiger partial charge in [-0.1, -0.05) is 43.0 Å². The molecule has 0 saturated carbocycles. The molecule has 0 aliphatic carbocycles. The number of hydrogen-bond donors (Lipinski definition) is 0. The molecule has 0 heterocycles. The van der Waals surface area contributed by atoms with Gasteiger partial charge in [-0.25, -0.2) is 4.79 Å². The average Bonchev–Trinajstić information content (AvgIpc) is 2.54. The summed E-state index contributed by atoms with van der Waals surface area (Å²) in [5.41, 5.74) is 2.45. The molecule has 0 radical (unpaired) electrons. The van der Waals surface area contributed by atoms with Crippen molar-refractivity contribution in [2.75, 3.05) is 18.1 Å². The van der Waals surface area contributed by atoms with Crippen molar-refractivity contribution in [1.82, 2.24) is 0 Å². The van der Waals surface area contributed by atoms with Gasteiger partial charge in [-0.05, 0) is 31.2 Å². The van der Waals surface area contributed by atoms with Gasteiger partial charge in [0.25, 0.3) is 0 Å². The molecule has 3 nitrogen and oxygen atoms in total. The third-order valence-electron chi connectivity index (χ3n) is 3.05. The van der Waals surface area contributed by atoms with Gasteiger partial charge < -0.3 is 9.64 Å². The minimum Gasteiger partial charge on any atom is -0.463 e. The zero-order valence-corrected chi connectivity index (χ0v) is 12.2. The maximum Gasteiger partial charge on any atom is 0.335 e. The average molecular weight is 281 g/mol. The van der Waals surface area contributed by atoms with Gasteiger partial charge in [-0.15, -0.1) is 0 Å². The maximum atomic E-state index is 11.8. The third-order valence-corrected chi connectivity index (χ3v) is 3.05. The fourth-order valence-electron chi connectivity index (χ4n) is 2.04. The second-order valence-corrected chi connectivity index (χ2v) is 4.58. The van der Waals surface area contributed by atoms with Gasteiger partial charge in [-0.2, -0.15) is 0 Å². The van der Waals surface area contributed by atoms with E-state index < -0.39 is 0 Å². The van der Waals surface area contributed by atoms with Crippen molar-refractivity contribution in [3.05, 3.63) is 72.8 Å². The summed E-state index contributed by atoms with van der Waals surface area (Å²) in [6.07, 6.45) is 0. The Balaban J connectivity index is 2.25. The van der Waals surface area contributed by atoms with Crippen LogP contribution in [-0.2, 0) is 9.53 Å². The normalized spacial score (nSPS) is 9.95. The number of anilines is 2. The zero-order chi connectivity index (χ0) is 15.1.